The van der Waals surface area contributed by atoms with Gasteiger partial charge in [0.2, 0.25) is 5.91 Å². The number of carbonyl (C=O) groups is 1. The van der Waals surface area contributed by atoms with E-state index >= 15 is 0 Å². The Balaban J connectivity index is 0.00000256. The number of carbonyl (C=O) groups excluding carboxylic acids is 1. The van der Waals surface area contributed by atoms with Crippen molar-refractivity contribution in [2.45, 2.75) is 46.1 Å². The minimum absolute atomic E-state index is 0. The third-order valence-electron chi connectivity index (χ3n) is 2.57. The zero-order chi connectivity index (χ0) is 12.0. The third kappa shape index (κ3) is 4.05. The molecule has 0 atom stereocenters. The Morgan fingerprint density at radius 3 is 2.50 bits per heavy atom. The van der Waals surface area contributed by atoms with Gasteiger partial charge >= 0.3 is 0 Å². The molecule has 0 radical (unpaired) electrons. The minimum Gasteiger partial charge on any atom is -0.354 e. The molecule has 0 aliphatic rings. The maximum atomic E-state index is 11.5. The second kappa shape index (κ2) is 6.31. The van der Waals surface area contributed by atoms with E-state index in [-0.39, 0.29) is 13.4 Å². The van der Waals surface area contributed by atoms with Crippen LogP contribution in [0.2, 0.25) is 0 Å². The molecule has 0 aliphatic heterocycles. The largest absolute Gasteiger partial charge is 0.354 e. The summed E-state index contributed by atoms with van der Waals surface area (Å²) < 4.78 is 0. The second-order valence-electron chi connectivity index (χ2n) is 4.34. The van der Waals surface area contributed by atoms with Gasteiger partial charge in [0.1, 0.15) is 0 Å². The molecular formula is C14H23NO. The van der Waals surface area contributed by atoms with Crippen molar-refractivity contribution < 1.29 is 6.22 Å². The van der Waals surface area contributed by atoms with Crippen molar-refractivity contribution in [2.24, 2.45) is 0 Å². The monoisotopic (exact) mass is 221 g/mol. The molecule has 0 aromatic heterocycles. The van der Waals surface area contributed by atoms with Gasteiger partial charge in [0.05, 0.1) is 0 Å². The second-order valence-corrected chi connectivity index (χ2v) is 4.34. The summed E-state index contributed by atoms with van der Waals surface area (Å²) in [6.07, 6.45) is 2.44. The average molecular weight is 221 g/mol. The Hall–Kier alpha value is -1.31. The molecule has 1 aromatic carbocycles. The Morgan fingerprint density at radius 2 is 1.94 bits per heavy atom. The van der Waals surface area contributed by atoms with Crippen molar-refractivity contribution in [2.75, 3.05) is 0 Å². The fourth-order valence-electron chi connectivity index (χ4n) is 1.79. The molecule has 1 rings (SSSR count). The number of rotatable bonds is 5. The van der Waals surface area contributed by atoms with Crippen LogP contribution in [0.4, 0.5) is 0 Å². The molecule has 0 unspecified atom stereocenters. The molecular weight excluding hydrogens is 198 g/mol. The van der Waals surface area contributed by atoms with Crippen molar-refractivity contribution in [3.05, 3.63) is 35.4 Å². The lowest BCUT2D eigenvalue weighted by Gasteiger charge is -2.10. The van der Waals surface area contributed by atoms with E-state index in [1.807, 2.05) is 19.9 Å². The van der Waals surface area contributed by atoms with E-state index in [9.17, 15) is 4.79 Å². The topological polar surface area (TPSA) is 29.1 Å². The quantitative estimate of drug-likeness (QED) is 0.813. The molecule has 2 nitrogen and oxygen atoms in total. The molecule has 2 heteroatoms. The van der Waals surface area contributed by atoms with Crippen molar-refractivity contribution in [3.8, 4) is 0 Å². The van der Waals surface area contributed by atoms with Crippen LogP contribution in [0, 0.1) is 0 Å². The number of aryl methyl sites for hydroxylation is 2. The summed E-state index contributed by atoms with van der Waals surface area (Å²) in [5, 5.41) is 2.91. The third-order valence-corrected chi connectivity index (χ3v) is 2.57. The summed E-state index contributed by atoms with van der Waals surface area (Å²) in [5.41, 5.74) is 2.64. The van der Waals surface area contributed by atoms with Gasteiger partial charge in [0.15, 0.2) is 0 Å². The number of benzene rings is 1. The zero-order valence-electron chi connectivity index (χ0n) is 10.4. The van der Waals surface area contributed by atoms with Crippen molar-refractivity contribution in [1.82, 2.24) is 5.32 Å². The van der Waals surface area contributed by atoms with Crippen LogP contribution in [0.1, 0.15) is 39.7 Å². The van der Waals surface area contributed by atoms with E-state index in [2.05, 4.69) is 30.4 Å². The first-order chi connectivity index (χ1) is 7.63. The highest BCUT2D eigenvalue weighted by molar-refractivity contribution is 5.76. The lowest BCUT2D eigenvalue weighted by molar-refractivity contribution is -0.121. The van der Waals surface area contributed by atoms with E-state index in [0.29, 0.717) is 6.42 Å². The van der Waals surface area contributed by atoms with E-state index in [4.69, 9.17) is 0 Å². The molecule has 0 aliphatic carbocycles. The smallest absolute Gasteiger partial charge is 0.220 e. The first-order valence-corrected chi connectivity index (χ1v) is 5.99. The first kappa shape index (κ1) is 12.8. The van der Waals surface area contributed by atoms with Gasteiger partial charge in [-0.2, -0.15) is 0 Å². The van der Waals surface area contributed by atoms with Crippen molar-refractivity contribution >= 4 is 5.91 Å². The Bertz CT molecular complexity index is 350. The molecule has 0 bridgehead atoms. The summed E-state index contributed by atoms with van der Waals surface area (Å²) >= 11 is 0. The molecule has 0 spiro atoms. The zero-order valence-corrected chi connectivity index (χ0v) is 10.4. The van der Waals surface area contributed by atoms with E-state index in [0.717, 1.165) is 12.8 Å². The molecule has 0 fully saturated rings. The lowest BCUT2D eigenvalue weighted by atomic mass is 10.0. The van der Waals surface area contributed by atoms with Gasteiger partial charge in [-0.3, -0.25) is 4.79 Å². The SMILES string of the molecule is CCc1ccccc1CCC(=O)NC(C)C.[HH]. The highest BCUT2D eigenvalue weighted by atomic mass is 16.1. The van der Waals surface area contributed by atoms with E-state index < -0.39 is 0 Å². The Labute approximate surface area is 99.5 Å². The first-order valence-electron chi connectivity index (χ1n) is 5.99. The van der Waals surface area contributed by atoms with Crippen LogP contribution < -0.4 is 5.32 Å². The van der Waals surface area contributed by atoms with Gasteiger partial charge in [-0.05, 0) is 37.8 Å². The average Bonchev–Trinajstić information content (AvgIpc) is 2.26. The van der Waals surface area contributed by atoms with Gasteiger partial charge in [0.25, 0.3) is 0 Å². The molecule has 0 saturated heterocycles. The molecule has 1 aromatic rings. The number of nitrogens with one attached hydrogen (secondary N) is 1. The predicted molar refractivity (Wildman–Crippen MR) is 69.5 cm³/mol. The molecule has 1 N–H and O–H groups in total. The molecule has 0 saturated carbocycles. The summed E-state index contributed by atoms with van der Waals surface area (Å²) in [6, 6.07) is 8.57. The van der Waals surface area contributed by atoms with Gasteiger partial charge < -0.3 is 5.32 Å². The molecule has 16 heavy (non-hydrogen) atoms. The minimum atomic E-state index is 0. The van der Waals surface area contributed by atoms with Gasteiger partial charge in [-0.25, -0.2) is 0 Å². The van der Waals surface area contributed by atoms with Crippen molar-refractivity contribution in [1.29, 1.82) is 0 Å². The van der Waals surface area contributed by atoms with Crippen LogP contribution in [0.25, 0.3) is 0 Å². The molecule has 0 heterocycles. The van der Waals surface area contributed by atoms with Gasteiger partial charge in [-0.1, -0.05) is 31.2 Å². The normalized spacial score (nSPS) is 10.5. The van der Waals surface area contributed by atoms with Crippen LogP contribution in [-0.2, 0) is 17.6 Å². The van der Waals surface area contributed by atoms with Crippen LogP contribution in [-0.4, -0.2) is 11.9 Å². The van der Waals surface area contributed by atoms with Crippen LogP contribution >= 0.6 is 0 Å². The summed E-state index contributed by atoms with van der Waals surface area (Å²) in [4.78, 5) is 11.5. The fraction of sp³-hybridized carbons (Fsp3) is 0.500. The summed E-state index contributed by atoms with van der Waals surface area (Å²) in [6.45, 7) is 6.11. The number of hydrogen-bond acceptors (Lipinski definition) is 1. The van der Waals surface area contributed by atoms with Gasteiger partial charge in [0, 0.05) is 13.9 Å². The lowest BCUT2D eigenvalue weighted by Crippen LogP contribution is -2.30. The maximum absolute atomic E-state index is 11.5. The van der Waals surface area contributed by atoms with E-state index in [1.54, 1.807) is 0 Å². The highest BCUT2D eigenvalue weighted by Crippen LogP contribution is 2.11. The van der Waals surface area contributed by atoms with Crippen LogP contribution in [0.3, 0.4) is 0 Å². The number of amides is 1. The van der Waals surface area contributed by atoms with E-state index in [1.165, 1.54) is 11.1 Å². The van der Waals surface area contributed by atoms with Crippen LogP contribution in [0.15, 0.2) is 24.3 Å². The van der Waals surface area contributed by atoms with Crippen molar-refractivity contribution in [3.63, 3.8) is 0 Å². The Kier molecular flexibility index (Phi) is 5.03. The standard InChI is InChI=1S/C14H21NO.H2/c1-4-12-7-5-6-8-13(12)9-10-14(16)15-11(2)3;/h5-8,11H,4,9-10H2,1-3H3,(H,15,16);1H. The molecule has 1 amide bonds. The summed E-state index contributed by atoms with van der Waals surface area (Å²) in [5.74, 6) is 0.140. The van der Waals surface area contributed by atoms with Crippen LogP contribution in [0.5, 0.6) is 0 Å². The maximum Gasteiger partial charge on any atom is 0.220 e. The predicted octanol–water partition coefficient (Wildman–Crippen LogP) is 2.95. The Morgan fingerprint density at radius 1 is 1.31 bits per heavy atom. The highest BCUT2D eigenvalue weighted by Gasteiger charge is 2.05. The summed E-state index contributed by atoms with van der Waals surface area (Å²) in [7, 11) is 0. The number of hydrogen-bond donors (Lipinski definition) is 1. The molecule has 90 valence electrons. The fourth-order valence-corrected chi connectivity index (χ4v) is 1.79. The van der Waals surface area contributed by atoms with Gasteiger partial charge in [-0.15, -0.1) is 0 Å².